The molecular weight excluding hydrogens is 607 g/mol. The van der Waals surface area contributed by atoms with Gasteiger partial charge in [-0.2, -0.15) is 0 Å². The summed E-state index contributed by atoms with van der Waals surface area (Å²) in [5, 5.41) is 5.61. The summed E-state index contributed by atoms with van der Waals surface area (Å²) in [6.45, 7) is 23.4. The molecule has 12 nitrogen and oxygen atoms in total. The lowest BCUT2D eigenvalue weighted by molar-refractivity contribution is -0.129. The smallest absolute Gasteiger partial charge is 0.418 e. The predicted molar refractivity (Wildman–Crippen MR) is 177 cm³/mol. The second kappa shape index (κ2) is 27.1. The van der Waals surface area contributed by atoms with Gasteiger partial charge in [0.2, 0.25) is 17.9 Å². The quantitative estimate of drug-likeness (QED) is 0.0447. The summed E-state index contributed by atoms with van der Waals surface area (Å²) >= 11 is 0. The highest BCUT2D eigenvalue weighted by atomic mass is 28.4. The summed E-state index contributed by atoms with van der Waals surface area (Å²) in [6.07, 6.45) is 3.78. The number of rotatable bonds is 26. The van der Waals surface area contributed by atoms with Gasteiger partial charge in [0, 0.05) is 58.8 Å². The molecule has 0 fully saturated rings. The molecule has 0 aromatic heterocycles. The Morgan fingerprint density at radius 2 is 1.07 bits per heavy atom. The third-order valence-corrected chi connectivity index (χ3v) is 14.9. The van der Waals surface area contributed by atoms with Crippen LogP contribution >= 0.6 is 0 Å². The van der Waals surface area contributed by atoms with Gasteiger partial charge in [0.05, 0.1) is 6.54 Å². The van der Waals surface area contributed by atoms with E-state index in [2.05, 4.69) is 28.7 Å². The molecule has 2 N–H and O–H groups in total. The van der Waals surface area contributed by atoms with Crippen LogP contribution in [0.2, 0.25) is 37.8 Å². The van der Waals surface area contributed by atoms with Crippen LogP contribution in [-0.4, -0.2) is 103 Å². The monoisotopic (exact) mass is 667 g/mol. The van der Waals surface area contributed by atoms with Crippen LogP contribution in [-0.2, 0) is 40.9 Å². The topological polar surface area (TPSA) is 143 Å². The van der Waals surface area contributed by atoms with Gasteiger partial charge in [0.15, 0.2) is 8.32 Å². The van der Waals surface area contributed by atoms with Gasteiger partial charge in [-0.1, -0.05) is 0 Å². The Hall–Kier alpha value is -1.27. The number of aliphatic imine (C=N–C) groups is 1. The van der Waals surface area contributed by atoms with Gasteiger partial charge in [-0.15, -0.1) is 0 Å². The van der Waals surface area contributed by atoms with E-state index in [0.29, 0.717) is 58.7 Å². The summed E-state index contributed by atoms with van der Waals surface area (Å²) in [5.74, 6) is -0.473. The van der Waals surface area contributed by atoms with Gasteiger partial charge in [-0.25, -0.2) is 9.79 Å². The minimum Gasteiger partial charge on any atom is -0.418 e. The fraction of sp³-hybridized carbons (Fsp3) is 0.893. The maximum Gasteiger partial charge on any atom is 0.500 e. The molecule has 43 heavy (non-hydrogen) atoms. The SMILES string of the molecule is CCO[Si](C)(C)CCCNC(=O)CC(=O)NCCC[Si](C)(OCC)OCC.CCO[Si](CCCN=C=O)(OCC)OCC. The summed E-state index contributed by atoms with van der Waals surface area (Å²) in [7, 11) is -6.27. The Labute approximate surface area is 264 Å². The second-order valence-corrected chi connectivity index (χ2v) is 20.7. The maximum absolute atomic E-state index is 11.9. The number of isocyanates is 1. The molecule has 2 amide bonds. The second-order valence-electron chi connectivity index (χ2n) is 10.3. The van der Waals surface area contributed by atoms with Crippen molar-refractivity contribution < 1.29 is 40.9 Å². The minimum atomic E-state index is -2.54. The number of amides is 2. The van der Waals surface area contributed by atoms with Crippen molar-refractivity contribution in [2.45, 2.75) is 105 Å². The molecule has 0 saturated carbocycles. The van der Waals surface area contributed by atoms with Crippen molar-refractivity contribution in [2.24, 2.45) is 4.99 Å². The number of nitrogens with one attached hydrogen (secondary N) is 2. The molecule has 0 aromatic rings. The van der Waals surface area contributed by atoms with Crippen LogP contribution in [0, 0.1) is 0 Å². The highest BCUT2D eigenvalue weighted by Gasteiger charge is 2.39. The summed E-state index contributed by atoms with van der Waals surface area (Å²) in [5.41, 5.74) is 0. The van der Waals surface area contributed by atoms with Crippen LogP contribution < -0.4 is 10.6 Å². The van der Waals surface area contributed by atoms with Gasteiger partial charge < -0.3 is 37.2 Å². The predicted octanol–water partition coefficient (Wildman–Crippen LogP) is 4.54. The lowest BCUT2D eigenvalue weighted by Crippen LogP contribution is -2.46. The zero-order chi connectivity index (χ0) is 33.0. The number of carbonyl (C=O) groups excluding carboxylic acids is 3. The van der Waals surface area contributed by atoms with Gasteiger partial charge >= 0.3 is 17.4 Å². The first-order chi connectivity index (χ1) is 20.4. The molecule has 0 spiro atoms. The largest absolute Gasteiger partial charge is 0.500 e. The van der Waals surface area contributed by atoms with Crippen molar-refractivity contribution in [3.05, 3.63) is 0 Å². The highest BCUT2D eigenvalue weighted by Crippen LogP contribution is 2.18. The molecule has 0 rings (SSSR count). The maximum atomic E-state index is 11.9. The van der Waals surface area contributed by atoms with Gasteiger partial charge in [0.25, 0.3) is 0 Å². The Morgan fingerprint density at radius 1 is 0.628 bits per heavy atom. The first kappa shape index (κ1) is 43.9. The summed E-state index contributed by atoms with van der Waals surface area (Å²) in [6, 6.07) is 2.50. The van der Waals surface area contributed by atoms with Crippen molar-refractivity contribution in [3.8, 4) is 0 Å². The average molecular weight is 668 g/mol. The first-order valence-electron chi connectivity index (χ1n) is 15.8. The molecule has 254 valence electrons. The van der Waals surface area contributed by atoms with Crippen LogP contribution in [0.5, 0.6) is 0 Å². The van der Waals surface area contributed by atoms with Crippen molar-refractivity contribution in [1.29, 1.82) is 0 Å². The molecule has 0 aromatic carbocycles. The van der Waals surface area contributed by atoms with E-state index < -0.39 is 25.7 Å². The van der Waals surface area contributed by atoms with E-state index in [1.807, 2.05) is 48.1 Å². The average Bonchev–Trinajstić information content (AvgIpc) is 2.93. The van der Waals surface area contributed by atoms with Crippen molar-refractivity contribution >= 4 is 43.6 Å². The Balaban J connectivity index is 0. The van der Waals surface area contributed by atoms with Crippen molar-refractivity contribution in [2.75, 3.05) is 59.3 Å². The lowest BCUT2D eigenvalue weighted by atomic mass is 10.3. The normalized spacial score (nSPS) is 11.7. The van der Waals surface area contributed by atoms with Crippen LogP contribution in [0.4, 0.5) is 0 Å². The van der Waals surface area contributed by atoms with E-state index in [1.165, 1.54) is 6.08 Å². The standard InChI is InChI=1S/C18H40N2O5Si2.C10H21NO4Si/c1-7-23-26(4,5)14-10-12-19-17(21)16-18(22)20-13-11-15-27(6,24-8-2)25-9-3;1-4-13-16(14-5-2,15-6-3)9-7-8-11-10-12/h7-16H2,1-6H3,(H,19,21)(H,20,22);4-9H2,1-3H3. The van der Waals surface area contributed by atoms with E-state index in [1.54, 1.807) is 0 Å². The van der Waals surface area contributed by atoms with E-state index in [4.69, 9.17) is 26.6 Å². The van der Waals surface area contributed by atoms with Gasteiger partial charge in [-0.05, 0) is 92.5 Å². The molecule has 0 radical (unpaired) electrons. The fourth-order valence-corrected chi connectivity index (χ4v) is 11.3. The number of hydrogen-bond donors (Lipinski definition) is 2. The Morgan fingerprint density at radius 3 is 1.49 bits per heavy atom. The third-order valence-electron chi connectivity index (χ3n) is 6.07. The molecule has 0 saturated heterocycles. The zero-order valence-electron chi connectivity index (χ0n) is 28.4. The molecule has 0 aliphatic heterocycles. The number of hydrogen-bond acceptors (Lipinski definition) is 10. The first-order valence-corrected chi connectivity index (χ1v) is 23.4. The van der Waals surface area contributed by atoms with Crippen molar-refractivity contribution in [3.63, 3.8) is 0 Å². The van der Waals surface area contributed by atoms with Crippen LogP contribution in [0.15, 0.2) is 4.99 Å². The molecule has 0 aliphatic rings. The molecule has 0 heterocycles. The fourth-order valence-electron chi connectivity index (χ4n) is 4.33. The van der Waals surface area contributed by atoms with Gasteiger partial charge in [-0.3, -0.25) is 9.59 Å². The molecule has 0 atom stereocenters. The molecular formula is C28H61N3O9Si3. The molecule has 0 unspecified atom stereocenters. The minimum absolute atomic E-state index is 0.127. The van der Waals surface area contributed by atoms with Crippen LogP contribution in [0.25, 0.3) is 0 Å². The molecule has 15 heteroatoms. The summed E-state index contributed by atoms with van der Waals surface area (Å²) < 4.78 is 34.2. The highest BCUT2D eigenvalue weighted by molar-refractivity contribution is 6.71. The number of carbonyl (C=O) groups is 2. The molecule has 0 aliphatic carbocycles. The van der Waals surface area contributed by atoms with E-state index in [9.17, 15) is 14.4 Å². The zero-order valence-corrected chi connectivity index (χ0v) is 31.4. The van der Waals surface area contributed by atoms with E-state index in [0.717, 1.165) is 38.0 Å². The van der Waals surface area contributed by atoms with Gasteiger partial charge in [0.1, 0.15) is 6.42 Å². The number of nitrogens with zero attached hydrogens (tertiary/aromatic N) is 1. The van der Waals surface area contributed by atoms with Crippen LogP contribution in [0.3, 0.4) is 0 Å². The Bertz CT molecular complexity index is 750. The van der Waals surface area contributed by atoms with Crippen LogP contribution in [0.1, 0.15) is 67.2 Å². The van der Waals surface area contributed by atoms with E-state index >= 15 is 0 Å². The lowest BCUT2D eigenvalue weighted by Gasteiger charge is -2.28. The molecule has 0 bridgehead atoms. The van der Waals surface area contributed by atoms with E-state index in [-0.39, 0.29) is 18.2 Å². The van der Waals surface area contributed by atoms with Crippen molar-refractivity contribution in [1.82, 2.24) is 10.6 Å². The summed E-state index contributed by atoms with van der Waals surface area (Å²) in [4.78, 5) is 37.1. The third kappa shape index (κ3) is 24.7. The Kier molecular flexibility index (Phi) is 27.6.